The van der Waals surface area contributed by atoms with E-state index >= 15 is 0 Å². The van der Waals surface area contributed by atoms with E-state index in [0.717, 1.165) is 33.5 Å². The fourth-order valence-electron chi connectivity index (χ4n) is 3.98. The number of hydrogen-bond donors (Lipinski definition) is 1. The summed E-state index contributed by atoms with van der Waals surface area (Å²) in [6, 6.07) is 24.4. The van der Waals surface area contributed by atoms with Crippen LogP contribution in [0.4, 0.5) is 11.4 Å². The lowest BCUT2D eigenvalue weighted by molar-refractivity contribution is -0.114. The number of amides is 2. The molecule has 5 rings (SSSR count). The van der Waals surface area contributed by atoms with Gasteiger partial charge in [-0.05, 0) is 48.0 Å². The Labute approximate surface area is 191 Å². The van der Waals surface area contributed by atoms with Gasteiger partial charge in [0.05, 0.1) is 30.4 Å². The van der Waals surface area contributed by atoms with E-state index in [1.807, 2.05) is 72.8 Å². The molecule has 33 heavy (non-hydrogen) atoms. The molecule has 0 radical (unpaired) electrons. The van der Waals surface area contributed by atoms with Crippen molar-refractivity contribution in [3.05, 3.63) is 102 Å². The van der Waals surface area contributed by atoms with Gasteiger partial charge in [0.25, 0.3) is 5.91 Å². The van der Waals surface area contributed by atoms with E-state index in [1.165, 1.54) is 6.08 Å². The number of methoxy groups -OCH3 is 1. The van der Waals surface area contributed by atoms with Crippen molar-refractivity contribution >= 4 is 39.7 Å². The number of rotatable bonds is 5. The molecule has 0 aliphatic carbocycles. The van der Waals surface area contributed by atoms with E-state index in [-0.39, 0.29) is 11.8 Å². The minimum Gasteiger partial charge on any atom is -0.497 e. The van der Waals surface area contributed by atoms with Gasteiger partial charge < -0.3 is 15.0 Å². The lowest BCUT2D eigenvalue weighted by atomic mass is 10.1. The predicted molar refractivity (Wildman–Crippen MR) is 129 cm³/mol. The SMILES string of the molecule is COc1ccc(CN2C(=O)/C(=C/C(=O)Nc3ccc4ncccc4c3)c3ccccc32)cc1. The molecular weight excluding hydrogens is 414 g/mol. The summed E-state index contributed by atoms with van der Waals surface area (Å²) in [5.74, 6) is 0.196. The number of anilines is 2. The van der Waals surface area contributed by atoms with Crippen LogP contribution in [0.15, 0.2) is 91.1 Å². The van der Waals surface area contributed by atoms with Crippen molar-refractivity contribution in [3.8, 4) is 5.75 Å². The minimum atomic E-state index is -0.359. The van der Waals surface area contributed by atoms with Crippen molar-refractivity contribution in [1.82, 2.24) is 4.98 Å². The maximum atomic E-state index is 13.3. The number of ether oxygens (including phenoxy) is 1. The van der Waals surface area contributed by atoms with Crippen molar-refractivity contribution in [2.24, 2.45) is 0 Å². The number of fused-ring (bicyclic) bond motifs is 2. The van der Waals surface area contributed by atoms with Crippen molar-refractivity contribution in [2.45, 2.75) is 6.54 Å². The van der Waals surface area contributed by atoms with Crippen molar-refractivity contribution in [3.63, 3.8) is 0 Å². The van der Waals surface area contributed by atoms with E-state index in [4.69, 9.17) is 4.74 Å². The van der Waals surface area contributed by atoms with Crippen LogP contribution in [0.5, 0.6) is 5.75 Å². The summed E-state index contributed by atoms with van der Waals surface area (Å²) in [6.45, 7) is 0.399. The molecule has 3 aromatic carbocycles. The van der Waals surface area contributed by atoms with Crippen LogP contribution in [-0.4, -0.2) is 23.9 Å². The number of nitrogens with one attached hydrogen (secondary N) is 1. The molecule has 0 saturated heterocycles. The van der Waals surface area contributed by atoms with Gasteiger partial charge >= 0.3 is 0 Å². The van der Waals surface area contributed by atoms with E-state index in [9.17, 15) is 9.59 Å². The molecule has 2 amide bonds. The molecule has 1 aliphatic heterocycles. The second-order valence-electron chi connectivity index (χ2n) is 7.71. The Balaban J connectivity index is 1.40. The van der Waals surface area contributed by atoms with Crippen LogP contribution in [-0.2, 0) is 16.1 Å². The van der Waals surface area contributed by atoms with E-state index in [0.29, 0.717) is 17.8 Å². The van der Waals surface area contributed by atoms with Gasteiger partial charge in [-0.1, -0.05) is 36.4 Å². The van der Waals surface area contributed by atoms with Crippen molar-refractivity contribution in [1.29, 1.82) is 0 Å². The normalized spacial score (nSPS) is 13.9. The van der Waals surface area contributed by atoms with Crippen LogP contribution in [0.2, 0.25) is 0 Å². The average molecular weight is 435 g/mol. The molecule has 0 saturated carbocycles. The van der Waals surface area contributed by atoms with Crippen molar-refractivity contribution in [2.75, 3.05) is 17.3 Å². The highest BCUT2D eigenvalue weighted by Gasteiger charge is 2.32. The third-order valence-electron chi connectivity index (χ3n) is 5.61. The summed E-state index contributed by atoms with van der Waals surface area (Å²) in [7, 11) is 1.62. The molecule has 0 atom stereocenters. The Bertz CT molecular complexity index is 1390. The zero-order valence-electron chi connectivity index (χ0n) is 18.0. The maximum Gasteiger partial charge on any atom is 0.259 e. The third kappa shape index (κ3) is 4.06. The smallest absolute Gasteiger partial charge is 0.259 e. The molecule has 1 aliphatic rings. The number of nitrogens with zero attached hydrogens (tertiary/aromatic N) is 2. The zero-order chi connectivity index (χ0) is 22.8. The molecule has 0 unspecified atom stereocenters. The monoisotopic (exact) mass is 435 g/mol. The molecule has 2 heterocycles. The van der Waals surface area contributed by atoms with E-state index < -0.39 is 0 Å². The van der Waals surface area contributed by atoms with Crippen LogP contribution in [0.3, 0.4) is 0 Å². The molecule has 6 heteroatoms. The first-order chi connectivity index (χ1) is 16.1. The van der Waals surface area contributed by atoms with Crippen LogP contribution in [0.25, 0.3) is 16.5 Å². The number of hydrogen-bond acceptors (Lipinski definition) is 4. The second kappa shape index (κ2) is 8.59. The fraction of sp³-hybridized carbons (Fsp3) is 0.0741. The number of para-hydroxylation sites is 1. The highest BCUT2D eigenvalue weighted by atomic mass is 16.5. The van der Waals surface area contributed by atoms with Gasteiger partial charge in [0.1, 0.15) is 5.75 Å². The molecule has 162 valence electrons. The van der Waals surface area contributed by atoms with Gasteiger partial charge in [-0.3, -0.25) is 14.6 Å². The van der Waals surface area contributed by atoms with E-state index in [2.05, 4.69) is 10.3 Å². The summed E-state index contributed by atoms with van der Waals surface area (Å²) < 4.78 is 5.21. The Morgan fingerprint density at radius 2 is 1.85 bits per heavy atom. The first kappa shape index (κ1) is 20.5. The Kier molecular flexibility index (Phi) is 5.32. The quantitative estimate of drug-likeness (QED) is 0.457. The molecule has 0 bridgehead atoms. The van der Waals surface area contributed by atoms with Crippen molar-refractivity contribution < 1.29 is 14.3 Å². The van der Waals surface area contributed by atoms with Gasteiger partial charge in [0.15, 0.2) is 0 Å². The van der Waals surface area contributed by atoms with Crippen LogP contribution < -0.4 is 15.0 Å². The fourth-order valence-corrected chi connectivity index (χ4v) is 3.98. The number of carbonyl (C=O) groups excluding carboxylic acids is 2. The van der Waals surface area contributed by atoms with Gasteiger partial charge in [0, 0.05) is 28.9 Å². The lowest BCUT2D eigenvalue weighted by Gasteiger charge is -2.17. The summed E-state index contributed by atoms with van der Waals surface area (Å²) in [5.41, 5.74) is 4.37. The third-order valence-corrected chi connectivity index (χ3v) is 5.61. The summed E-state index contributed by atoms with van der Waals surface area (Å²) in [6.07, 6.45) is 3.11. The van der Waals surface area contributed by atoms with Crippen LogP contribution >= 0.6 is 0 Å². The van der Waals surface area contributed by atoms with E-state index in [1.54, 1.807) is 24.3 Å². The lowest BCUT2D eigenvalue weighted by Crippen LogP contribution is -2.26. The highest BCUT2D eigenvalue weighted by molar-refractivity contribution is 6.35. The molecular formula is C27H21N3O3. The summed E-state index contributed by atoms with van der Waals surface area (Å²) in [5, 5.41) is 3.79. The first-order valence-electron chi connectivity index (χ1n) is 10.5. The van der Waals surface area contributed by atoms with Crippen LogP contribution in [0.1, 0.15) is 11.1 Å². The first-order valence-corrected chi connectivity index (χ1v) is 10.5. The van der Waals surface area contributed by atoms with Crippen LogP contribution in [0, 0.1) is 0 Å². The number of aromatic nitrogens is 1. The van der Waals surface area contributed by atoms with Gasteiger partial charge in [0.2, 0.25) is 5.91 Å². The van der Waals surface area contributed by atoms with Gasteiger partial charge in [-0.15, -0.1) is 0 Å². The minimum absolute atomic E-state index is 0.204. The highest BCUT2D eigenvalue weighted by Crippen LogP contribution is 2.37. The molecule has 1 aromatic heterocycles. The average Bonchev–Trinajstić information content (AvgIpc) is 3.10. The van der Waals surface area contributed by atoms with Gasteiger partial charge in [-0.25, -0.2) is 0 Å². The molecule has 6 nitrogen and oxygen atoms in total. The Hall–Kier alpha value is -4.45. The predicted octanol–water partition coefficient (Wildman–Crippen LogP) is 4.81. The topological polar surface area (TPSA) is 71.5 Å². The maximum absolute atomic E-state index is 13.3. The Morgan fingerprint density at radius 1 is 1.03 bits per heavy atom. The second-order valence-corrected chi connectivity index (χ2v) is 7.71. The number of benzene rings is 3. The molecule has 4 aromatic rings. The molecule has 0 fully saturated rings. The number of pyridine rings is 1. The Morgan fingerprint density at radius 3 is 2.67 bits per heavy atom. The zero-order valence-corrected chi connectivity index (χ0v) is 18.0. The molecule has 0 spiro atoms. The standard InChI is InChI=1S/C27H21N3O3/c1-33-21-11-8-18(9-12-21)17-30-25-7-3-2-6-22(25)23(27(30)32)16-26(31)29-20-10-13-24-19(15-20)5-4-14-28-24/h2-16H,17H2,1H3,(H,29,31)/b23-16+. The largest absolute Gasteiger partial charge is 0.497 e. The molecule has 1 N–H and O–H groups in total. The summed E-state index contributed by atoms with van der Waals surface area (Å²) in [4.78, 5) is 32.1. The number of carbonyl (C=O) groups is 2. The van der Waals surface area contributed by atoms with Gasteiger partial charge in [-0.2, -0.15) is 0 Å². The summed E-state index contributed by atoms with van der Waals surface area (Å²) >= 11 is 0.